The largest absolute Gasteiger partial charge is 0.498 e. The zero-order valence-corrected chi connectivity index (χ0v) is 19.6. The van der Waals surface area contributed by atoms with E-state index in [1.54, 1.807) is 13.3 Å². The minimum absolute atomic E-state index is 0.504. The Kier molecular flexibility index (Phi) is 7.82. The van der Waals surface area contributed by atoms with Gasteiger partial charge in [-0.2, -0.15) is 0 Å². The van der Waals surface area contributed by atoms with Crippen molar-refractivity contribution in [2.75, 3.05) is 31.7 Å². The van der Waals surface area contributed by atoms with Crippen LogP contribution < -0.4 is 4.90 Å². The summed E-state index contributed by atoms with van der Waals surface area (Å²) in [4.78, 5) is 6.84. The van der Waals surface area contributed by atoms with E-state index in [9.17, 15) is 0 Å². The van der Waals surface area contributed by atoms with Gasteiger partial charge in [-0.15, -0.1) is 0 Å². The van der Waals surface area contributed by atoms with Crippen LogP contribution in [-0.4, -0.2) is 38.6 Å². The van der Waals surface area contributed by atoms with Crippen LogP contribution in [0.4, 0.5) is 11.4 Å². The van der Waals surface area contributed by atoms with E-state index in [1.165, 1.54) is 5.56 Å². The molecule has 4 nitrogen and oxygen atoms in total. The summed E-state index contributed by atoms with van der Waals surface area (Å²) < 4.78 is 12.4. The molecule has 1 aliphatic heterocycles. The van der Waals surface area contributed by atoms with Gasteiger partial charge in [-0.3, -0.25) is 4.99 Å². The predicted octanol–water partition coefficient (Wildman–Crippen LogP) is 6.48. The second kappa shape index (κ2) is 11.2. The summed E-state index contributed by atoms with van der Waals surface area (Å²) in [6.45, 7) is 1.68. The molecule has 1 aliphatic rings. The Balaban J connectivity index is 1.56. The van der Waals surface area contributed by atoms with Crippen LogP contribution in [0.1, 0.15) is 12.0 Å². The van der Waals surface area contributed by atoms with Gasteiger partial charge in [0.15, 0.2) is 5.60 Å². The summed E-state index contributed by atoms with van der Waals surface area (Å²) in [7, 11) is 1.70. The zero-order chi connectivity index (χ0) is 22.9. The highest BCUT2D eigenvalue weighted by molar-refractivity contribution is 6.30. The molecule has 1 atom stereocenters. The van der Waals surface area contributed by atoms with Gasteiger partial charge in [-0.05, 0) is 60.9 Å². The Labute approximate surface area is 201 Å². The van der Waals surface area contributed by atoms with Crippen LogP contribution in [-0.2, 0) is 15.9 Å². The molecule has 4 rings (SSSR count). The Bertz CT molecular complexity index is 1030. The SMILES string of the molecule is COC1=CC=NCC1(CN(c1ccccc1)c1ccccc1)OCCCc1ccc(Cl)cc1. The maximum atomic E-state index is 6.62. The zero-order valence-electron chi connectivity index (χ0n) is 18.9. The van der Waals surface area contributed by atoms with E-state index in [-0.39, 0.29) is 0 Å². The number of nitrogens with zero attached hydrogens (tertiary/aromatic N) is 2. The highest BCUT2D eigenvalue weighted by Gasteiger charge is 2.40. The average Bonchev–Trinajstić information content (AvgIpc) is 2.88. The van der Waals surface area contributed by atoms with Crippen LogP contribution in [0.2, 0.25) is 5.02 Å². The van der Waals surface area contributed by atoms with Gasteiger partial charge in [-0.1, -0.05) is 60.1 Å². The van der Waals surface area contributed by atoms with Crippen LogP contribution in [0, 0.1) is 0 Å². The third-order valence-electron chi connectivity index (χ3n) is 5.80. The molecule has 0 aromatic heterocycles. The Morgan fingerprint density at radius 1 is 0.909 bits per heavy atom. The van der Waals surface area contributed by atoms with Gasteiger partial charge in [0.1, 0.15) is 5.76 Å². The Morgan fingerprint density at radius 2 is 1.55 bits per heavy atom. The summed E-state index contributed by atoms with van der Waals surface area (Å²) in [6, 6.07) is 28.7. The first-order valence-corrected chi connectivity index (χ1v) is 11.6. The van der Waals surface area contributed by atoms with Gasteiger partial charge in [0.25, 0.3) is 0 Å². The number of aryl methyl sites for hydroxylation is 1. The van der Waals surface area contributed by atoms with Crippen molar-refractivity contribution in [3.05, 3.63) is 107 Å². The first-order chi connectivity index (χ1) is 16.2. The maximum Gasteiger partial charge on any atom is 0.162 e. The second-order valence-electron chi connectivity index (χ2n) is 8.05. The van der Waals surface area contributed by atoms with E-state index in [0.29, 0.717) is 19.7 Å². The number of rotatable bonds is 10. The molecule has 0 amide bonds. The number of benzene rings is 3. The van der Waals surface area contributed by atoms with Crippen molar-refractivity contribution < 1.29 is 9.47 Å². The fourth-order valence-electron chi connectivity index (χ4n) is 4.09. The number of para-hydroxylation sites is 2. The summed E-state index contributed by atoms with van der Waals surface area (Å²) in [5, 5.41) is 0.755. The number of anilines is 2. The van der Waals surface area contributed by atoms with E-state index >= 15 is 0 Å². The lowest BCUT2D eigenvalue weighted by atomic mass is 9.96. The molecular formula is C28H29ClN2O2. The topological polar surface area (TPSA) is 34.1 Å². The molecule has 0 N–H and O–H groups in total. The fraction of sp³-hybridized carbons (Fsp3) is 0.250. The molecule has 0 spiro atoms. The van der Waals surface area contributed by atoms with Crippen LogP contribution in [0.3, 0.4) is 0 Å². The fourth-order valence-corrected chi connectivity index (χ4v) is 4.22. The molecular weight excluding hydrogens is 432 g/mol. The number of hydrogen-bond acceptors (Lipinski definition) is 4. The molecule has 0 bridgehead atoms. The second-order valence-corrected chi connectivity index (χ2v) is 8.49. The highest BCUT2D eigenvalue weighted by atomic mass is 35.5. The standard InChI is InChI=1S/C28H29ClN2O2/c1-32-27-18-19-30-21-28(27,33-20-8-9-23-14-16-24(29)17-15-23)22-31(25-10-4-2-5-11-25)26-12-6-3-7-13-26/h2-7,10-19H,8-9,20-22H2,1H3. The van der Waals surface area contributed by atoms with E-state index < -0.39 is 5.60 Å². The van der Waals surface area contributed by atoms with Gasteiger partial charge >= 0.3 is 0 Å². The minimum Gasteiger partial charge on any atom is -0.498 e. The van der Waals surface area contributed by atoms with Crippen LogP contribution in [0.15, 0.2) is 102 Å². The lowest BCUT2D eigenvalue weighted by Crippen LogP contribution is -2.49. The molecule has 170 valence electrons. The number of aliphatic imine (C=N–C) groups is 1. The highest BCUT2D eigenvalue weighted by Crippen LogP contribution is 2.33. The number of methoxy groups -OCH3 is 1. The minimum atomic E-state index is -0.685. The van der Waals surface area contributed by atoms with Gasteiger partial charge in [-0.25, -0.2) is 0 Å². The quantitative estimate of drug-likeness (QED) is 0.324. The Morgan fingerprint density at radius 3 is 2.15 bits per heavy atom. The summed E-state index contributed by atoms with van der Waals surface area (Å²) in [5.41, 5.74) is 2.75. The molecule has 1 unspecified atom stereocenters. The van der Waals surface area contributed by atoms with Gasteiger partial charge in [0.2, 0.25) is 0 Å². The van der Waals surface area contributed by atoms with Crippen LogP contribution >= 0.6 is 11.6 Å². The summed E-state index contributed by atoms with van der Waals surface area (Å²) in [5.74, 6) is 0.792. The van der Waals surface area contributed by atoms with E-state index in [2.05, 4.69) is 70.6 Å². The Hall–Kier alpha value is -3.08. The van der Waals surface area contributed by atoms with E-state index in [1.807, 2.05) is 30.3 Å². The van der Waals surface area contributed by atoms with Gasteiger partial charge in [0, 0.05) is 29.2 Å². The number of halogens is 1. The van der Waals surface area contributed by atoms with Crippen molar-refractivity contribution in [3.8, 4) is 0 Å². The van der Waals surface area contributed by atoms with Crippen LogP contribution in [0.25, 0.3) is 0 Å². The van der Waals surface area contributed by atoms with E-state index in [0.717, 1.165) is 35.0 Å². The van der Waals surface area contributed by atoms with Crippen molar-refractivity contribution in [2.45, 2.75) is 18.4 Å². The first kappa shape index (κ1) is 23.1. The van der Waals surface area contributed by atoms with Gasteiger partial charge < -0.3 is 14.4 Å². The summed E-state index contributed by atoms with van der Waals surface area (Å²) in [6.07, 6.45) is 5.52. The molecule has 0 radical (unpaired) electrons. The number of hydrogen-bond donors (Lipinski definition) is 0. The third-order valence-corrected chi connectivity index (χ3v) is 6.05. The first-order valence-electron chi connectivity index (χ1n) is 11.2. The molecule has 3 aromatic carbocycles. The molecule has 0 saturated carbocycles. The maximum absolute atomic E-state index is 6.62. The normalized spacial score (nSPS) is 17.5. The van der Waals surface area contributed by atoms with Gasteiger partial charge in [0.05, 0.1) is 20.2 Å². The molecule has 1 heterocycles. The summed E-state index contributed by atoms with van der Waals surface area (Å²) >= 11 is 6.01. The molecule has 0 saturated heterocycles. The predicted molar refractivity (Wildman–Crippen MR) is 137 cm³/mol. The lowest BCUT2D eigenvalue weighted by Gasteiger charge is -2.40. The lowest BCUT2D eigenvalue weighted by molar-refractivity contribution is -0.0387. The third kappa shape index (κ3) is 5.84. The molecule has 5 heteroatoms. The van der Waals surface area contributed by atoms with Crippen molar-refractivity contribution in [2.24, 2.45) is 4.99 Å². The van der Waals surface area contributed by atoms with Crippen molar-refractivity contribution in [1.29, 1.82) is 0 Å². The number of allylic oxidation sites excluding steroid dienone is 1. The van der Waals surface area contributed by atoms with Crippen LogP contribution in [0.5, 0.6) is 0 Å². The number of dihydropyridines is 1. The van der Waals surface area contributed by atoms with Crippen molar-refractivity contribution in [3.63, 3.8) is 0 Å². The number of ether oxygens (including phenoxy) is 2. The van der Waals surface area contributed by atoms with E-state index in [4.69, 9.17) is 21.1 Å². The van der Waals surface area contributed by atoms with Crippen molar-refractivity contribution >= 4 is 29.2 Å². The smallest absolute Gasteiger partial charge is 0.162 e. The molecule has 33 heavy (non-hydrogen) atoms. The average molecular weight is 461 g/mol. The monoisotopic (exact) mass is 460 g/mol. The van der Waals surface area contributed by atoms with Crippen molar-refractivity contribution in [1.82, 2.24) is 0 Å². The molecule has 0 aliphatic carbocycles. The molecule has 3 aromatic rings. The molecule has 0 fully saturated rings.